The summed E-state index contributed by atoms with van der Waals surface area (Å²) in [5.41, 5.74) is 3.47. The summed E-state index contributed by atoms with van der Waals surface area (Å²) < 4.78 is 4.86. The van der Waals surface area contributed by atoms with Gasteiger partial charge in [0.2, 0.25) is 5.76 Å². The van der Waals surface area contributed by atoms with E-state index >= 15 is 0 Å². The van der Waals surface area contributed by atoms with Gasteiger partial charge in [0.1, 0.15) is 0 Å². The van der Waals surface area contributed by atoms with Gasteiger partial charge in [0, 0.05) is 19.3 Å². The smallest absolute Gasteiger partial charge is 0.371 e. The van der Waals surface area contributed by atoms with Crippen molar-refractivity contribution in [1.29, 1.82) is 0 Å². The molecule has 0 aliphatic heterocycles. The second kappa shape index (κ2) is 11.7. The number of benzene rings is 2. The zero-order chi connectivity index (χ0) is 21.9. The Bertz CT molecular complexity index is 875. The van der Waals surface area contributed by atoms with Gasteiger partial charge in [0.05, 0.1) is 7.11 Å². The molecule has 0 bridgehead atoms. The van der Waals surface area contributed by atoms with Gasteiger partial charge in [-0.2, -0.15) is 0 Å². The third-order valence-electron chi connectivity index (χ3n) is 4.82. The van der Waals surface area contributed by atoms with E-state index in [0.29, 0.717) is 6.54 Å². The third-order valence-corrected chi connectivity index (χ3v) is 4.82. The quantitative estimate of drug-likeness (QED) is 0.322. The minimum Gasteiger partial charge on any atom is -0.490 e. The number of aliphatic carboxylic acids is 1. The largest absolute Gasteiger partial charge is 0.490 e. The number of carbonyl (C=O) groups excluding carboxylic acids is 1. The number of hydrogen-bond donors (Lipinski definition) is 2. The number of nitrogens with one attached hydrogen (secondary N) is 1. The van der Waals surface area contributed by atoms with E-state index in [1.807, 2.05) is 48.5 Å². The van der Waals surface area contributed by atoms with Crippen LogP contribution in [0.4, 0.5) is 10.5 Å². The number of carboxylic acids is 1. The van der Waals surface area contributed by atoms with Crippen molar-refractivity contribution >= 4 is 23.8 Å². The van der Waals surface area contributed by atoms with Crippen LogP contribution in [-0.4, -0.2) is 37.8 Å². The Labute approximate surface area is 178 Å². The maximum atomic E-state index is 12.4. The lowest BCUT2D eigenvalue weighted by atomic mass is 10.0. The lowest BCUT2D eigenvalue weighted by Crippen LogP contribution is -2.37. The first-order chi connectivity index (χ1) is 14.5. The zero-order valence-electron chi connectivity index (χ0n) is 17.9. The van der Waals surface area contributed by atoms with E-state index in [4.69, 9.17) is 9.84 Å². The van der Waals surface area contributed by atoms with E-state index in [1.165, 1.54) is 26.0 Å². The van der Waals surface area contributed by atoms with Crippen LogP contribution in [0, 0.1) is 0 Å². The monoisotopic (exact) mass is 410 g/mol. The number of amides is 2. The normalized spacial score (nSPS) is 11.1. The van der Waals surface area contributed by atoms with E-state index in [1.54, 1.807) is 11.9 Å². The molecule has 6 heteroatoms. The molecule has 2 rings (SSSR count). The number of urea groups is 1. The second-order valence-corrected chi connectivity index (χ2v) is 7.04. The maximum absolute atomic E-state index is 12.4. The third kappa shape index (κ3) is 6.65. The minimum atomic E-state index is -1.11. The van der Waals surface area contributed by atoms with Crippen molar-refractivity contribution in [3.05, 3.63) is 59.9 Å². The molecule has 0 atom stereocenters. The summed E-state index contributed by atoms with van der Waals surface area (Å²) in [6.45, 7) is 2.84. The van der Waals surface area contributed by atoms with Crippen LogP contribution in [0.15, 0.2) is 54.3 Å². The fourth-order valence-electron chi connectivity index (χ4n) is 3.01. The highest BCUT2D eigenvalue weighted by atomic mass is 16.5. The van der Waals surface area contributed by atoms with Gasteiger partial charge in [-0.15, -0.1) is 0 Å². The first kappa shape index (κ1) is 23.0. The molecule has 0 heterocycles. The molecular weight excluding hydrogens is 380 g/mol. The van der Waals surface area contributed by atoms with E-state index in [-0.39, 0.29) is 11.8 Å². The average Bonchev–Trinajstić information content (AvgIpc) is 2.77. The Balaban J connectivity index is 2.07. The number of rotatable bonds is 10. The first-order valence-electron chi connectivity index (χ1n) is 10.2. The van der Waals surface area contributed by atoms with Gasteiger partial charge >= 0.3 is 12.0 Å². The van der Waals surface area contributed by atoms with Crippen LogP contribution in [0.5, 0.6) is 0 Å². The van der Waals surface area contributed by atoms with Gasteiger partial charge in [-0.25, -0.2) is 9.59 Å². The van der Waals surface area contributed by atoms with Crippen molar-refractivity contribution in [3.8, 4) is 11.1 Å². The van der Waals surface area contributed by atoms with Crippen LogP contribution in [0.3, 0.4) is 0 Å². The average molecular weight is 411 g/mol. The highest BCUT2D eigenvalue weighted by Gasteiger charge is 2.11. The molecule has 2 amide bonds. The molecule has 0 aliphatic rings. The van der Waals surface area contributed by atoms with Crippen LogP contribution in [-0.2, 0) is 9.53 Å². The predicted octanol–water partition coefficient (Wildman–Crippen LogP) is 5.15. The van der Waals surface area contributed by atoms with Crippen LogP contribution < -0.4 is 10.2 Å². The molecule has 6 nitrogen and oxygen atoms in total. The molecule has 2 N–H and O–H groups in total. The number of nitrogens with zero attached hydrogens (tertiary/aromatic N) is 1. The van der Waals surface area contributed by atoms with Crippen molar-refractivity contribution in [1.82, 2.24) is 5.32 Å². The number of methoxy groups -OCH3 is 1. The Morgan fingerprint density at radius 3 is 2.43 bits per heavy atom. The van der Waals surface area contributed by atoms with Crippen molar-refractivity contribution in [2.75, 3.05) is 25.6 Å². The van der Waals surface area contributed by atoms with Gasteiger partial charge in [0.15, 0.2) is 0 Å². The maximum Gasteiger partial charge on any atom is 0.371 e. The van der Waals surface area contributed by atoms with Gasteiger partial charge in [-0.3, -0.25) is 4.90 Å². The summed E-state index contributed by atoms with van der Waals surface area (Å²) in [6, 6.07) is 15.1. The molecule has 0 saturated heterocycles. The van der Waals surface area contributed by atoms with Crippen molar-refractivity contribution in [2.24, 2.45) is 0 Å². The summed E-state index contributed by atoms with van der Waals surface area (Å²) in [5, 5.41) is 12.0. The Kier molecular flexibility index (Phi) is 8.94. The topological polar surface area (TPSA) is 78.9 Å². The Hall–Kier alpha value is -3.28. The minimum absolute atomic E-state index is 0.118. The van der Waals surface area contributed by atoms with Crippen LogP contribution in [0.1, 0.15) is 38.2 Å². The second-order valence-electron chi connectivity index (χ2n) is 7.04. The van der Waals surface area contributed by atoms with Gasteiger partial charge in [-0.05, 0) is 41.3 Å². The highest BCUT2D eigenvalue weighted by Crippen LogP contribution is 2.25. The zero-order valence-corrected chi connectivity index (χ0v) is 17.9. The fourth-order valence-corrected chi connectivity index (χ4v) is 3.01. The molecule has 2 aromatic carbocycles. The fraction of sp³-hybridized carbons (Fsp3) is 0.333. The molecule has 0 radical (unpaired) electrons. The predicted molar refractivity (Wildman–Crippen MR) is 120 cm³/mol. The number of ether oxygens (including phenoxy) is 1. The molecule has 0 aliphatic carbocycles. The first-order valence-corrected chi connectivity index (χ1v) is 10.2. The Morgan fingerprint density at radius 2 is 1.80 bits per heavy atom. The molecule has 160 valence electrons. The highest BCUT2D eigenvalue weighted by molar-refractivity contribution is 5.92. The molecule has 30 heavy (non-hydrogen) atoms. The summed E-state index contributed by atoms with van der Waals surface area (Å²) in [5.74, 6) is -1.23. The molecule has 0 unspecified atom stereocenters. The molecule has 0 spiro atoms. The number of unbranched alkanes of at least 4 members (excludes halogenated alkanes) is 3. The number of hydrogen-bond acceptors (Lipinski definition) is 3. The summed E-state index contributed by atoms with van der Waals surface area (Å²) >= 11 is 0. The SMILES string of the molecule is CCCCCCNC(=O)N(C)c1cccc(-c2ccc(C=C(OC)C(=O)O)cc2)c1. The van der Waals surface area contributed by atoms with Crippen molar-refractivity contribution in [2.45, 2.75) is 32.6 Å². The van der Waals surface area contributed by atoms with Crippen LogP contribution in [0.25, 0.3) is 17.2 Å². The van der Waals surface area contributed by atoms with E-state index in [9.17, 15) is 9.59 Å². The van der Waals surface area contributed by atoms with E-state index in [2.05, 4.69) is 12.2 Å². The molecule has 0 fully saturated rings. The van der Waals surface area contributed by atoms with Crippen LogP contribution >= 0.6 is 0 Å². The summed E-state index contributed by atoms with van der Waals surface area (Å²) in [4.78, 5) is 25.1. The van der Waals surface area contributed by atoms with Crippen LogP contribution in [0.2, 0.25) is 0 Å². The van der Waals surface area contributed by atoms with Crippen molar-refractivity contribution < 1.29 is 19.4 Å². The summed E-state index contributed by atoms with van der Waals surface area (Å²) in [6.07, 6.45) is 5.94. The number of anilines is 1. The lowest BCUT2D eigenvalue weighted by molar-refractivity contribution is -0.135. The van der Waals surface area contributed by atoms with Gasteiger partial charge in [-0.1, -0.05) is 62.6 Å². The van der Waals surface area contributed by atoms with Gasteiger partial charge < -0.3 is 15.2 Å². The molecular formula is C24H30N2O4. The Morgan fingerprint density at radius 1 is 1.07 bits per heavy atom. The van der Waals surface area contributed by atoms with E-state index in [0.717, 1.165) is 35.2 Å². The summed E-state index contributed by atoms with van der Waals surface area (Å²) in [7, 11) is 3.09. The number of carboxylic acid groups (broad SMARTS) is 1. The molecule has 2 aromatic rings. The standard InChI is InChI=1S/C24H30N2O4/c1-4-5-6-7-15-25-24(29)26(2)21-10-8-9-20(17-21)19-13-11-18(12-14-19)16-22(30-3)23(27)28/h8-14,16-17H,4-7,15H2,1-3H3,(H,25,29)(H,27,28). The molecule has 0 aromatic heterocycles. The number of carbonyl (C=O) groups is 2. The van der Waals surface area contributed by atoms with Gasteiger partial charge in [0.25, 0.3) is 0 Å². The van der Waals surface area contributed by atoms with Crippen molar-refractivity contribution in [3.63, 3.8) is 0 Å². The lowest BCUT2D eigenvalue weighted by Gasteiger charge is -2.19. The van der Waals surface area contributed by atoms with E-state index < -0.39 is 5.97 Å². The molecule has 0 saturated carbocycles.